The van der Waals surface area contributed by atoms with Gasteiger partial charge in [-0.15, -0.1) is 0 Å². The van der Waals surface area contributed by atoms with Crippen LogP contribution in [0.15, 0.2) is 36.4 Å². The minimum atomic E-state index is 0.445. The largest absolute Gasteiger partial charge is 0.228 e. The summed E-state index contributed by atoms with van der Waals surface area (Å²) < 4.78 is 1.10. The van der Waals surface area contributed by atoms with Gasteiger partial charge in [0.2, 0.25) is 0 Å². The van der Waals surface area contributed by atoms with Crippen molar-refractivity contribution in [2.24, 2.45) is 0 Å². The lowest BCUT2D eigenvalue weighted by Gasteiger charge is -2.07. The normalized spacial score (nSPS) is 11.0. The van der Waals surface area contributed by atoms with Gasteiger partial charge < -0.3 is 0 Å². The molecule has 0 saturated heterocycles. The predicted molar refractivity (Wildman–Crippen MR) is 92.4 cm³/mol. The van der Waals surface area contributed by atoms with Crippen molar-refractivity contribution in [3.8, 4) is 11.4 Å². The Morgan fingerprint density at radius 3 is 2.55 bits per heavy atom. The maximum Gasteiger partial charge on any atom is 0.162 e. The van der Waals surface area contributed by atoms with Crippen LogP contribution in [0.1, 0.15) is 5.56 Å². The lowest BCUT2D eigenvalue weighted by atomic mass is 10.1. The summed E-state index contributed by atoms with van der Waals surface area (Å²) in [7, 11) is 0. The van der Waals surface area contributed by atoms with E-state index in [-0.39, 0.29) is 0 Å². The molecule has 0 bridgehead atoms. The fourth-order valence-corrected chi connectivity index (χ4v) is 3.03. The molecule has 0 N–H and O–H groups in total. The summed E-state index contributed by atoms with van der Waals surface area (Å²) in [5.74, 6) is 0.550. The third-order valence-corrected chi connectivity index (χ3v) is 4.25. The van der Waals surface area contributed by atoms with Gasteiger partial charge in [-0.2, -0.15) is 0 Å². The van der Waals surface area contributed by atoms with E-state index in [0.29, 0.717) is 16.0 Å². The Morgan fingerprint density at radius 1 is 1.00 bits per heavy atom. The van der Waals surface area contributed by atoms with Gasteiger partial charge in [-0.3, -0.25) is 0 Å². The van der Waals surface area contributed by atoms with Crippen molar-refractivity contribution in [1.82, 2.24) is 9.97 Å². The van der Waals surface area contributed by atoms with Crippen molar-refractivity contribution in [1.29, 1.82) is 0 Å². The molecule has 3 rings (SSSR count). The topological polar surface area (TPSA) is 25.8 Å². The molecule has 0 aliphatic rings. The van der Waals surface area contributed by atoms with Crippen LogP contribution in [0.3, 0.4) is 0 Å². The summed E-state index contributed by atoms with van der Waals surface area (Å²) in [6.07, 6.45) is 0. The van der Waals surface area contributed by atoms with Crippen LogP contribution in [0, 0.1) is 10.5 Å². The fraction of sp³-hybridized carbons (Fsp3) is 0.0667. The Morgan fingerprint density at radius 2 is 1.80 bits per heavy atom. The van der Waals surface area contributed by atoms with Crippen LogP contribution >= 0.6 is 45.8 Å². The van der Waals surface area contributed by atoms with Crippen LogP contribution in [-0.2, 0) is 0 Å². The molecule has 2 nitrogen and oxygen atoms in total. The van der Waals surface area contributed by atoms with Crippen molar-refractivity contribution in [3.63, 3.8) is 0 Å². The first kappa shape index (κ1) is 14.0. The van der Waals surface area contributed by atoms with Gasteiger partial charge in [0.1, 0.15) is 5.15 Å². The molecular formula is C15H9Cl2IN2. The molecule has 0 saturated carbocycles. The molecular weight excluding hydrogens is 406 g/mol. The van der Waals surface area contributed by atoms with Gasteiger partial charge in [-0.05, 0) is 65.4 Å². The van der Waals surface area contributed by atoms with E-state index < -0.39 is 0 Å². The van der Waals surface area contributed by atoms with Gasteiger partial charge in [0, 0.05) is 14.5 Å². The smallest absolute Gasteiger partial charge is 0.162 e. The molecule has 0 aliphatic heterocycles. The van der Waals surface area contributed by atoms with Crippen molar-refractivity contribution in [2.45, 2.75) is 6.92 Å². The molecule has 100 valence electrons. The first-order chi connectivity index (χ1) is 9.54. The first-order valence-electron chi connectivity index (χ1n) is 5.94. The lowest BCUT2D eigenvalue weighted by Crippen LogP contribution is -1.93. The molecule has 1 heterocycles. The van der Waals surface area contributed by atoms with E-state index in [1.165, 1.54) is 0 Å². The molecule has 1 aromatic heterocycles. The average Bonchev–Trinajstić information content (AvgIpc) is 2.39. The molecule has 0 amide bonds. The van der Waals surface area contributed by atoms with E-state index in [1.807, 2.05) is 43.3 Å². The van der Waals surface area contributed by atoms with Gasteiger partial charge in [0.05, 0.1) is 10.5 Å². The maximum atomic E-state index is 6.27. The number of benzene rings is 2. The number of aryl methyl sites for hydroxylation is 1. The molecule has 20 heavy (non-hydrogen) atoms. The molecule has 0 radical (unpaired) electrons. The van der Waals surface area contributed by atoms with Crippen molar-refractivity contribution in [3.05, 3.63) is 55.7 Å². The Bertz CT molecular complexity index is 818. The fourth-order valence-electron chi connectivity index (χ4n) is 1.99. The van der Waals surface area contributed by atoms with Crippen LogP contribution in [0.2, 0.25) is 10.2 Å². The minimum Gasteiger partial charge on any atom is -0.228 e. The highest BCUT2D eigenvalue weighted by atomic mass is 127. The Kier molecular flexibility index (Phi) is 3.84. The number of hydrogen-bond acceptors (Lipinski definition) is 2. The summed E-state index contributed by atoms with van der Waals surface area (Å²) in [5, 5.41) is 1.93. The maximum absolute atomic E-state index is 6.27. The number of halogens is 3. The van der Waals surface area contributed by atoms with Crippen molar-refractivity contribution < 1.29 is 0 Å². The standard InChI is InChI=1S/C15H9Cl2IN2/c1-8-2-4-10(12(16)6-8)15-19-13-5-3-9(18)7-11(13)14(17)20-15/h2-7H,1H3. The van der Waals surface area contributed by atoms with E-state index in [4.69, 9.17) is 23.2 Å². The third-order valence-electron chi connectivity index (χ3n) is 2.98. The first-order valence-corrected chi connectivity index (χ1v) is 7.77. The minimum absolute atomic E-state index is 0.445. The average molecular weight is 415 g/mol. The summed E-state index contributed by atoms with van der Waals surface area (Å²) in [5.41, 5.74) is 2.71. The SMILES string of the molecule is Cc1ccc(-c2nc(Cl)c3cc(I)ccc3n2)c(Cl)c1. The zero-order valence-electron chi connectivity index (χ0n) is 10.5. The third kappa shape index (κ3) is 2.62. The van der Waals surface area contributed by atoms with Crippen LogP contribution < -0.4 is 0 Å². The molecule has 0 spiro atoms. The van der Waals surface area contributed by atoms with E-state index in [2.05, 4.69) is 32.6 Å². The Labute approximate surface area is 140 Å². The van der Waals surface area contributed by atoms with Crippen LogP contribution in [0.5, 0.6) is 0 Å². The quantitative estimate of drug-likeness (QED) is 0.387. The van der Waals surface area contributed by atoms with Crippen LogP contribution in [0.4, 0.5) is 0 Å². The van der Waals surface area contributed by atoms with Gasteiger partial charge >= 0.3 is 0 Å². The summed E-state index contributed by atoms with van der Waals surface area (Å²) in [6, 6.07) is 11.7. The summed E-state index contributed by atoms with van der Waals surface area (Å²) in [4.78, 5) is 8.92. The number of aromatic nitrogens is 2. The van der Waals surface area contributed by atoms with Gasteiger partial charge in [-0.1, -0.05) is 29.3 Å². The Hall–Kier alpha value is -0.910. The predicted octanol–water partition coefficient (Wildman–Crippen LogP) is 5.52. The second-order valence-corrected chi connectivity index (χ2v) is 6.49. The number of fused-ring (bicyclic) bond motifs is 1. The lowest BCUT2D eigenvalue weighted by molar-refractivity contribution is 1.22. The van der Waals surface area contributed by atoms with E-state index in [0.717, 1.165) is 25.6 Å². The summed E-state index contributed by atoms with van der Waals surface area (Å²) >= 11 is 14.8. The molecule has 2 aromatic carbocycles. The second-order valence-electron chi connectivity index (χ2n) is 4.48. The monoisotopic (exact) mass is 414 g/mol. The summed E-state index contributed by atoms with van der Waals surface area (Å²) in [6.45, 7) is 1.99. The molecule has 0 atom stereocenters. The number of rotatable bonds is 1. The van der Waals surface area contributed by atoms with E-state index in [1.54, 1.807) is 0 Å². The number of hydrogen-bond donors (Lipinski definition) is 0. The molecule has 0 unspecified atom stereocenters. The van der Waals surface area contributed by atoms with Crippen molar-refractivity contribution in [2.75, 3.05) is 0 Å². The highest BCUT2D eigenvalue weighted by molar-refractivity contribution is 14.1. The number of nitrogens with zero attached hydrogens (tertiary/aromatic N) is 2. The Balaban J connectivity index is 2.24. The van der Waals surface area contributed by atoms with Gasteiger partial charge in [-0.25, -0.2) is 9.97 Å². The molecule has 0 fully saturated rings. The van der Waals surface area contributed by atoms with Crippen molar-refractivity contribution >= 4 is 56.7 Å². The highest BCUT2D eigenvalue weighted by Gasteiger charge is 2.11. The van der Waals surface area contributed by atoms with Gasteiger partial charge in [0.25, 0.3) is 0 Å². The zero-order chi connectivity index (χ0) is 14.3. The van der Waals surface area contributed by atoms with E-state index in [9.17, 15) is 0 Å². The second kappa shape index (κ2) is 5.47. The highest BCUT2D eigenvalue weighted by Crippen LogP contribution is 2.30. The zero-order valence-corrected chi connectivity index (χ0v) is 14.2. The molecule has 0 aliphatic carbocycles. The molecule has 5 heteroatoms. The molecule has 3 aromatic rings. The van der Waals surface area contributed by atoms with Crippen LogP contribution in [0.25, 0.3) is 22.3 Å². The van der Waals surface area contributed by atoms with Crippen LogP contribution in [-0.4, -0.2) is 9.97 Å². The van der Waals surface area contributed by atoms with Gasteiger partial charge in [0.15, 0.2) is 5.82 Å². The van der Waals surface area contributed by atoms with E-state index >= 15 is 0 Å².